The number of benzene rings is 1. The quantitative estimate of drug-likeness (QED) is 0.832. The molecule has 0 amide bonds. The van der Waals surface area contributed by atoms with E-state index in [1.165, 1.54) is 6.07 Å². The molecule has 0 fully saturated rings. The lowest BCUT2D eigenvalue weighted by Crippen LogP contribution is -2.32. The zero-order chi connectivity index (χ0) is 12.1. The molecule has 0 saturated heterocycles. The van der Waals surface area contributed by atoms with E-state index in [2.05, 4.69) is 19.2 Å². The van der Waals surface area contributed by atoms with E-state index in [4.69, 9.17) is 11.6 Å². The fourth-order valence-corrected chi connectivity index (χ4v) is 2.27. The lowest BCUT2D eigenvalue weighted by molar-refractivity contribution is 0.386. The van der Waals surface area contributed by atoms with Crippen LogP contribution < -0.4 is 5.32 Å². The molecule has 1 N–H and O–H groups in total. The van der Waals surface area contributed by atoms with E-state index >= 15 is 0 Å². The zero-order valence-electron chi connectivity index (χ0n) is 10.1. The van der Waals surface area contributed by atoms with E-state index in [9.17, 15) is 4.39 Å². The maximum absolute atomic E-state index is 13.0. The van der Waals surface area contributed by atoms with Crippen LogP contribution in [0.15, 0.2) is 18.2 Å². The molecule has 3 heteroatoms. The second-order valence-corrected chi connectivity index (χ2v) is 4.64. The molecule has 2 unspecified atom stereocenters. The Labute approximate surface area is 102 Å². The van der Waals surface area contributed by atoms with Gasteiger partial charge in [0, 0.05) is 6.04 Å². The van der Waals surface area contributed by atoms with Crippen LogP contribution in [0.1, 0.15) is 25.8 Å². The van der Waals surface area contributed by atoms with Gasteiger partial charge in [-0.3, -0.25) is 0 Å². The summed E-state index contributed by atoms with van der Waals surface area (Å²) in [5.74, 6) is 0.162. The van der Waals surface area contributed by atoms with Crippen LogP contribution in [0.25, 0.3) is 0 Å². The summed E-state index contributed by atoms with van der Waals surface area (Å²) in [7, 11) is 1.97. The minimum Gasteiger partial charge on any atom is -0.317 e. The summed E-state index contributed by atoms with van der Waals surface area (Å²) in [6.07, 6.45) is 2.01. The molecule has 0 aliphatic carbocycles. The topological polar surface area (TPSA) is 12.0 Å². The summed E-state index contributed by atoms with van der Waals surface area (Å²) in [6, 6.07) is 5.45. The van der Waals surface area contributed by atoms with Gasteiger partial charge >= 0.3 is 0 Å². The van der Waals surface area contributed by atoms with Crippen LogP contribution in [0.4, 0.5) is 4.39 Å². The first-order chi connectivity index (χ1) is 7.58. The minimum absolute atomic E-state index is 0.210. The summed E-state index contributed by atoms with van der Waals surface area (Å²) < 4.78 is 13.0. The van der Waals surface area contributed by atoms with Crippen LogP contribution in [-0.2, 0) is 6.42 Å². The Morgan fingerprint density at radius 1 is 1.44 bits per heavy atom. The van der Waals surface area contributed by atoms with E-state index in [1.807, 2.05) is 7.05 Å². The normalized spacial score (nSPS) is 14.8. The van der Waals surface area contributed by atoms with E-state index in [1.54, 1.807) is 12.1 Å². The van der Waals surface area contributed by atoms with Gasteiger partial charge in [-0.25, -0.2) is 4.39 Å². The summed E-state index contributed by atoms with van der Waals surface area (Å²) in [5, 5.41) is 3.50. The Balaban J connectivity index is 2.69. The van der Waals surface area contributed by atoms with Crippen LogP contribution in [0.3, 0.4) is 0 Å². The third-order valence-electron chi connectivity index (χ3n) is 3.04. The summed E-state index contributed by atoms with van der Waals surface area (Å²) in [6.45, 7) is 4.36. The number of nitrogens with one attached hydrogen (secondary N) is 1. The van der Waals surface area contributed by atoms with Crippen LogP contribution >= 0.6 is 11.6 Å². The Morgan fingerprint density at radius 2 is 2.12 bits per heavy atom. The maximum atomic E-state index is 13.0. The van der Waals surface area contributed by atoms with Gasteiger partial charge in [0.05, 0.1) is 5.02 Å². The van der Waals surface area contributed by atoms with Gasteiger partial charge in [0.2, 0.25) is 0 Å². The molecule has 1 aromatic rings. The first-order valence-corrected chi connectivity index (χ1v) is 6.07. The minimum atomic E-state index is -0.348. The van der Waals surface area contributed by atoms with Crippen molar-refractivity contribution >= 4 is 11.6 Å². The molecule has 0 aliphatic heterocycles. The molecule has 0 aromatic heterocycles. The summed E-state index contributed by atoms with van der Waals surface area (Å²) in [5.41, 5.74) is 1.09. The van der Waals surface area contributed by atoms with Crippen molar-refractivity contribution in [2.24, 2.45) is 5.92 Å². The highest BCUT2D eigenvalue weighted by atomic mass is 35.5. The third-order valence-corrected chi connectivity index (χ3v) is 3.33. The molecule has 0 spiro atoms. The average molecular weight is 244 g/mol. The molecule has 1 rings (SSSR count). The van der Waals surface area contributed by atoms with Crippen molar-refractivity contribution in [2.75, 3.05) is 7.05 Å². The number of halogens is 2. The van der Waals surface area contributed by atoms with Crippen molar-refractivity contribution in [1.29, 1.82) is 0 Å². The highest BCUT2D eigenvalue weighted by Crippen LogP contribution is 2.20. The van der Waals surface area contributed by atoms with Gasteiger partial charge in [-0.05, 0) is 43.5 Å². The number of rotatable bonds is 5. The molecule has 0 radical (unpaired) electrons. The van der Waals surface area contributed by atoms with Gasteiger partial charge in [-0.15, -0.1) is 0 Å². The van der Waals surface area contributed by atoms with E-state index in [-0.39, 0.29) is 10.8 Å². The monoisotopic (exact) mass is 243 g/mol. The predicted molar refractivity (Wildman–Crippen MR) is 67.4 cm³/mol. The van der Waals surface area contributed by atoms with Crippen molar-refractivity contribution in [3.8, 4) is 0 Å². The highest BCUT2D eigenvalue weighted by molar-refractivity contribution is 6.30. The first kappa shape index (κ1) is 13.5. The predicted octanol–water partition coefficient (Wildman–Crippen LogP) is 3.66. The molecular weight excluding hydrogens is 225 g/mol. The molecule has 0 heterocycles. The molecule has 90 valence electrons. The van der Waals surface area contributed by atoms with Crippen molar-refractivity contribution in [3.05, 3.63) is 34.6 Å². The molecule has 16 heavy (non-hydrogen) atoms. The molecule has 2 atom stereocenters. The van der Waals surface area contributed by atoms with Crippen LogP contribution in [0, 0.1) is 11.7 Å². The van der Waals surface area contributed by atoms with Gasteiger partial charge < -0.3 is 5.32 Å². The molecule has 0 aliphatic rings. The lowest BCUT2D eigenvalue weighted by Gasteiger charge is -2.22. The van der Waals surface area contributed by atoms with Crippen LogP contribution in [0.2, 0.25) is 5.02 Å². The summed E-state index contributed by atoms with van der Waals surface area (Å²) >= 11 is 5.75. The Kier molecular flexibility index (Phi) is 5.23. The Morgan fingerprint density at radius 3 is 2.62 bits per heavy atom. The third kappa shape index (κ3) is 3.46. The van der Waals surface area contributed by atoms with Gasteiger partial charge in [0.25, 0.3) is 0 Å². The second-order valence-electron chi connectivity index (χ2n) is 4.23. The van der Waals surface area contributed by atoms with Gasteiger partial charge in [-0.2, -0.15) is 0 Å². The van der Waals surface area contributed by atoms with E-state index < -0.39 is 0 Å². The molecule has 0 bridgehead atoms. The Hall–Kier alpha value is -0.600. The smallest absolute Gasteiger partial charge is 0.141 e. The number of hydrogen-bond acceptors (Lipinski definition) is 1. The SMILES string of the molecule is CCC(NC)C(C)Cc1ccc(F)c(Cl)c1. The average Bonchev–Trinajstić information content (AvgIpc) is 2.25. The van der Waals surface area contributed by atoms with Crippen molar-refractivity contribution in [2.45, 2.75) is 32.7 Å². The summed E-state index contributed by atoms with van der Waals surface area (Å²) in [4.78, 5) is 0. The maximum Gasteiger partial charge on any atom is 0.141 e. The highest BCUT2D eigenvalue weighted by Gasteiger charge is 2.14. The Bertz CT molecular complexity index is 337. The fraction of sp³-hybridized carbons (Fsp3) is 0.538. The second kappa shape index (κ2) is 6.21. The van der Waals surface area contributed by atoms with E-state index in [0.717, 1.165) is 18.4 Å². The lowest BCUT2D eigenvalue weighted by atomic mass is 9.92. The molecule has 0 saturated carbocycles. The van der Waals surface area contributed by atoms with Gasteiger partial charge in [-0.1, -0.05) is 31.5 Å². The van der Waals surface area contributed by atoms with Crippen molar-refractivity contribution in [3.63, 3.8) is 0 Å². The van der Waals surface area contributed by atoms with Crippen LogP contribution in [-0.4, -0.2) is 13.1 Å². The fourth-order valence-electron chi connectivity index (χ4n) is 2.07. The molecular formula is C13H19ClFN. The standard InChI is InChI=1S/C13H19ClFN/c1-4-13(16-3)9(2)7-10-5-6-12(15)11(14)8-10/h5-6,8-9,13,16H,4,7H2,1-3H3. The number of hydrogen-bond donors (Lipinski definition) is 1. The van der Waals surface area contributed by atoms with Crippen LogP contribution in [0.5, 0.6) is 0 Å². The van der Waals surface area contributed by atoms with Crippen molar-refractivity contribution < 1.29 is 4.39 Å². The first-order valence-electron chi connectivity index (χ1n) is 5.69. The van der Waals surface area contributed by atoms with Crippen molar-refractivity contribution in [1.82, 2.24) is 5.32 Å². The van der Waals surface area contributed by atoms with E-state index in [0.29, 0.717) is 12.0 Å². The van der Waals surface area contributed by atoms with Gasteiger partial charge in [0.1, 0.15) is 5.82 Å². The zero-order valence-corrected chi connectivity index (χ0v) is 10.8. The molecule has 1 nitrogen and oxygen atoms in total. The molecule has 1 aromatic carbocycles. The van der Waals surface area contributed by atoms with Gasteiger partial charge in [0.15, 0.2) is 0 Å². The largest absolute Gasteiger partial charge is 0.317 e.